The molecule has 1 rings (SSSR count). The molecule has 0 atom stereocenters. The minimum absolute atomic E-state index is 0.0825. The summed E-state index contributed by atoms with van der Waals surface area (Å²) in [5, 5.41) is 11.8. The zero-order valence-electron chi connectivity index (χ0n) is 9.55. The molecular weight excluding hydrogens is 202 g/mol. The normalized spacial score (nSPS) is 9.88. The quantitative estimate of drug-likeness (QED) is 0.718. The van der Waals surface area contributed by atoms with Gasteiger partial charge in [-0.2, -0.15) is 5.26 Å². The van der Waals surface area contributed by atoms with E-state index in [0.717, 1.165) is 0 Å². The van der Waals surface area contributed by atoms with Gasteiger partial charge < -0.3 is 0 Å². The highest BCUT2D eigenvalue weighted by molar-refractivity contribution is 5.93. The fourth-order valence-corrected chi connectivity index (χ4v) is 1.37. The minimum Gasteiger partial charge on any atom is -0.271 e. The lowest BCUT2D eigenvalue weighted by molar-refractivity contribution is 0.0212. The molecule has 0 unspecified atom stereocenters. The van der Waals surface area contributed by atoms with Crippen LogP contribution in [0.5, 0.6) is 0 Å². The Morgan fingerprint density at radius 2 is 1.94 bits per heavy atom. The second kappa shape index (κ2) is 5.89. The summed E-state index contributed by atoms with van der Waals surface area (Å²) in [5.41, 5.74) is 0.633. The van der Waals surface area contributed by atoms with E-state index in [4.69, 9.17) is 5.26 Å². The first-order valence-corrected chi connectivity index (χ1v) is 5.08. The van der Waals surface area contributed by atoms with Crippen LogP contribution < -0.4 is 0 Å². The molecule has 1 amide bonds. The Morgan fingerprint density at radius 3 is 2.44 bits per heavy atom. The molecule has 0 saturated carbocycles. The van der Waals surface area contributed by atoms with Gasteiger partial charge in [0.25, 0.3) is 5.91 Å². The monoisotopic (exact) mass is 217 g/mol. The third-order valence-electron chi connectivity index (χ3n) is 2.17. The zero-order chi connectivity index (χ0) is 12.0. The summed E-state index contributed by atoms with van der Waals surface area (Å²) in [7, 11) is 3.58. The predicted molar refractivity (Wildman–Crippen MR) is 61.4 cm³/mol. The highest BCUT2D eigenvalue weighted by Crippen LogP contribution is 2.06. The third kappa shape index (κ3) is 3.07. The second-order valence-electron chi connectivity index (χ2n) is 3.55. The first-order chi connectivity index (χ1) is 7.66. The average Bonchev–Trinajstić information content (AvgIpc) is 2.30. The molecule has 0 aliphatic heterocycles. The highest BCUT2D eigenvalue weighted by atomic mass is 16.2. The van der Waals surface area contributed by atoms with Crippen molar-refractivity contribution in [2.75, 3.05) is 20.6 Å². The molecule has 0 radical (unpaired) electrons. The Morgan fingerprint density at radius 1 is 1.31 bits per heavy atom. The van der Waals surface area contributed by atoms with Crippen molar-refractivity contribution in [1.29, 1.82) is 5.26 Å². The minimum atomic E-state index is -0.0825. The Balaban J connectivity index is 2.80. The Hall–Kier alpha value is -1.86. The van der Waals surface area contributed by atoms with Crippen LogP contribution in [0.3, 0.4) is 0 Å². The van der Waals surface area contributed by atoms with Gasteiger partial charge in [0.15, 0.2) is 0 Å². The Bertz CT molecular complexity index is 381. The molecule has 0 saturated heterocycles. The van der Waals surface area contributed by atoms with Gasteiger partial charge in [0.1, 0.15) is 0 Å². The molecule has 4 heteroatoms. The van der Waals surface area contributed by atoms with Crippen molar-refractivity contribution in [3.05, 3.63) is 35.9 Å². The number of nitrogens with zero attached hydrogens (tertiary/aromatic N) is 3. The maximum atomic E-state index is 12.1. The summed E-state index contributed by atoms with van der Waals surface area (Å²) < 4.78 is 0. The molecule has 1 aromatic rings. The number of benzene rings is 1. The van der Waals surface area contributed by atoms with Crippen LogP contribution in [0.15, 0.2) is 30.3 Å². The van der Waals surface area contributed by atoms with Crippen molar-refractivity contribution < 1.29 is 4.79 Å². The summed E-state index contributed by atoms with van der Waals surface area (Å²) in [6, 6.07) is 11.1. The first-order valence-electron chi connectivity index (χ1n) is 5.08. The van der Waals surface area contributed by atoms with Crippen molar-refractivity contribution >= 4 is 5.91 Å². The van der Waals surface area contributed by atoms with Crippen molar-refractivity contribution in [2.24, 2.45) is 0 Å². The van der Waals surface area contributed by atoms with Crippen molar-refractivity contribution in [3.63, 3.8) is 0 Å². The number of hydrogen-bond acceptors (Lipinski definition) is 3. The highest BCUT2D eigenvalue weighted by Gasteiger charge is 2.16. The maximum Gasteiger partial charge on any atom is 0.268 e. The lowest BCUT2D eigenvalue weighted by Crippen LogP contribution is -2.42. The van der Waals surface area contributed by atoms with Crippen molar-refractivity contribution in [3.8, 4) is 6.07 Å². The van der Waals surface area contributed by atoms with Crippen LogP contribution in [0.4, 0.5) is 0 Å². The molecular formula is C12H15N3O. The molecule has 4 nitrogen and oxygen atoms in total. The zero-order valence-corrected chi connectivity index (χ0v) is 9.55. The van der Waals surface area contributed by atoms with Gasteiger partial charge >= 0.3 is 0 Å². The molecule has 0 aromatic heterocycles. The molecule has 0 fully saturated rings. The Labute approximate surface area is 95.7 Å². The van der Waals surface area contributed by atoms with Crippen LogP contribution in [0.1, 0.15) is 16.8 Å². The van der Waals surface area contributed by atoms with E-state index in [-0.39, 0.29) is 5.91 Å². The summed E-state index contributed by atoms with van der Waals surface area (Å²) in [6.07, 6.45) is 0.330. The van der Waals surface area contributed by atoms with E-state index in [1.807, 2.05) is 24.3 Å². The number of hydrogen-bond donors (Lipinski definition) is 0. The van der Waals surface area contributed by atoms with E-state index >= 15 is 0 Å². The van der Waals surface area contributed by atoms with Gasteiger partial charge in [0, 0.05) is 19.7 Å². The van der Waals surface area contributed by atoms with Gasteiger partial charge in [0.05, 0.1) is 19.0 Å². The molecule has 1 aromatic carbocycles. The SMILES string of the molecule is CN(C)N(CCC#N)C(=O)c1ccccc1. The Kier molecular flexibility index (Phi) is 4.49. The van der Waals surface area contributed by atoms with Gasteiger partial charge in [-0.15, -0.1) is 0 Å². The van der Waals surface area contributed by atoms with Crippen LogP contribution in [0, 0.1) is 11.3 Å². The number of carbonyl (C=O) groups is 1. The smallest absolute Gasteiger partial charge is 0.268 e. The van der Waals surface area contributed by atoms with E-state index in [9.17, 15) is 4.79 Å². The lowest BCUT2D eigenvalue weighted by atomic mass is 10.2. The summed E-state index contributed by atoms with van der Waals surface area (Å²) in [5.74, 6) is -0.0825. The van der Waals surface area contributed by atoms with Gasteiger partial charge in [0.2, 0.25) is 0 Å². The van der Waals surface area contributed by atoms with Gasteiger partial charge in [-0.1, -0.05) is 18.2 Å². The van der Waals surface area contributed by atoms with Gasteiger partial charge in [-0.25, -0.2) is 5.01 Å². The molecule has 0 spiro atoms. The molecule has 0 N–H and O–H groups in total. The molecule has 16 heavy (non-hydrogen) atoms. The fraction of sp³-hybridized carbons (Fsp3) is 0.333. The number of hydrazine groups is 1. The first kappa shape index (κ1) is 12.2. The third-order valence-corrected chi connectivity index (χ3v) is 2.17. The summed E-state index contributed by atoms with van der Waals surface area (Å²) >= 11 is 0. The van der Waals surface area contributed by atoms with Crippen LogP contribution in [0.25, 0.3) is 0 Å². The van der Waals surface area contributed by atoms with Crippen molar-refractivity contribution in [1.82, 2.24) is 10.0 Å². The second-order valence-corrected chi connectivity index (χ2v) is 3.55. The average molecular weight is 217 g/mol. The van der Waals surface area contributed by atoms with E-state index in [2.05, 4.69) is 0 Å². The largest absolute Gasteiger partial charge is 0.271 e. The molecule has 84 valence electrons. The topological polar surface area (TPSA) is 47.3 Å². The van der Waals surface area contributed by atoms with Crippen LogP contribution in [-0.2, 0) is 0 Å². The lowest BCUT2D eigenvalue weighted by Gasteiger charge is -2.28. The van der Waals surface area contributed by atoms with E-state index in [1.165, 1.54) is 0 Å². The summed E-state index contributed by atoms with van der Waals surface area (Å²) in [4.78, 5) is 12.1. The number of carbonyl (C=O) groups excluding carboxylic acids is 1. The van der Waals surface area contributed by atoms with Gasteiger partial charge in [-0.05, 0) is 12.1 Å². The van der Waals surface area contributed by atoms with Gasteiger partial charge in [-0.3, -0.25) is 9.80 Å². The predicted octanol–water partition coefficient (Wildman–Crippen LogP) is 1.52. The van der Waals surface area contributed by atoms with Crippen LogP contribution in [0.2, 0.25) is 0 Å². The van der Waals surface area contributed by atoms with Crippen LogP contribution in [-0.4, -0.2) is 36.6 Å². The van der Waals surface area contributed by atoms with E-state index < -0.39 is 0 Å². The molecule has 0 heterocycles. The number of nitriles is 1. The van der Waals surface area contributed by atoms with Crippen LogP contribution >= 0.6 is 0 Å². The molecule has 0 bridgehead atoms. The van der Waals surface area contributed by atoms with Crippen molar-refractivity contribution in [2.45, 2.75) is 6.42 Å². The standard InChI is InChI=1S/C12H15N3O/c1-14(2)15(10-6-9-13)12(16)11-7-4-3-5-8-11/h3-5,7-8H,6,10H2,1-2H3. The summed E-state index contributed by atoms with van der Waals surface area (Å²) in [6.45, 7) is 0.414. The maximum absolute atomic E-state index is 12.1. The van der Waals surface area contributed by atoms with E-state index in [0.29, 0.717) is 18.5 Å². The number of amides is 1. The molecule has 0 aliphatic rings. The molecule has 0 aliphatic carbocycles. The number of rotatable bonds is 4. The van der Waals surface area contributed by atoms with E-state index in [1.54, 1.807) is 36.2 Å². The fourth-order valence-electron chi connectivity index (χ4n) is 1.37.